The Kier molecular flexibility index (Phi) is 6.38. The van der Waals surface area contributed by atoms with Crippen molar-refractivity contribution in [2.24, 2.45) is 0 Å². The van der Waals surface area contributed by atoms with E-state index in [2.05, 4.69) is 16.3 Å². The summed E-state index contributed by atoms with van der Waals surface area (Å²) in [5.41, 5.74) is 6.80. The van der Waals surface area contributed by atoms with Crippen LogP contribution >= 0.6 is 11.6 Å². The topological polar surface area (TPSA) is 52.7 Å². The van der Waals surface area contributed by atoms with Crippen LogP contribution in [-0.2, 0) is 0 Å². The number of rotatable bonds is 4. The van der Waals surface area contributed by atoms with Crippen molar-refractivity contribution in [3.8, 4) is 11.1 Å². The molecule has 1 N–H and O–H groups in total. The number of nitrogens with one attached hydrogen (secondary N) is 1. The molecule has 2 aliphatic heterocycles. The molecule has 190 valence electrons. The summed E-state index contributed by atoms with van der Waals surface area (Å²) in [6, 6.07) is 31.1. The largest absolute Gasteiger partial charge is 0.364 e. The van der Waals surface area contributed by atoms with Gasteiger partial charge in [0, 0.05) is 35.9 Å². The number of fused-ring (bicyclic) bond motifs is 3. The van der Waals surface area contributed by atoms with Crippen LogP contribution in [0.2, 0.25) is 0 Å². The van der Waals surface area contributed by atoms with E-state index in [1.807, 2.05) is 78.6 Å². The number of nitrogens with zero attached hydrogens (tertiary/aromatic N) is 2. The summed E-state index contributed by atoms with van der Waals surface area (Å²) in [5, 5.41) is 3.08. The summed E-state index contributed by atoms with van der Waals surface area (Å²) in [4.78, 5) is 31.0. The molecule has 1 fully saturated rings. The predicted molar refractivity (Wildman–Crippen MR) is 155 cm³/mol. The van der Waals surface area contributed by atoms with Crippen molar-refractivity contribution in [1.82, 2.24) is 0 Å². The number of carbonyl (C=O) groups is 2. The molecule has 2 amide bonds. The van der Waals surface area contributed by atoms with Crippen molar-refractivity contribution < 1.29 is 9.59 Å². The molecule has 2 heterocycles. The summed E-state index contributed by atoms with van der Waals surface area (Å²) in [5.74, 6) is -0.250. The zero-order valence-electron chi connectivity index (χ0n) is 21.1. The minimum atomic E-state index is -0.192. The van der Waals surface area contributed by atoms with E-state index in [1.54, 1.807) is 24.3 Å². The molecule has 5 nitrogen and oxygen atoms in total. The number of aryl methyl sites for hydroxylation is 1. The number of anilines is 3. The minimum Gasteiger partial charge on any atom is -0.364 e. The van der Waals surface area contributed by atoms with E-state index in [4.69, 9.17) is 11.6 Å². The lowest BCUT2D eigenvalue weighted by Crippen LogP contribution is -2.48. The fourth-order valence-corrected chi connectivity index (χ4v) is 5.84. The summed E-state index contributed by atoms with van der Waals surface area (Å²) in [6.07, 6.45) is 0.856. The number of hydrogen-bond acceptors (Lipinski definition) is 3. The van der Waals surface area contributed by atoms with Gasteiger partial charge >= 0.3 is 0 Å². The molecule has 0 aromatic heterocycles. The first-order valence-electron chi connectivity index (χ1n) is 12.9. The van der Waals surface area contributed by atoms with Crippen molar-refractivity contribution in [1.29, 1.82) is 0 Å². The summed E-state index contributed by atoms with van der Waals surface area (Å²) < 4.78 is 0. The third-order valence-corrected chi connectivity index (χ3v) is 7.72. The normalized spacial score (nSPS) is 18.1. The fourth-order valence-electron chi connectivity index (χ4n) is 5.48. The van der Waals surface area contributed by atoms with Crippen LogP contribution in [0.1, 0.15) is 32.7 Å². The van der Waals surface area contributed by atoms with Gasteiger partial charge in [0.25, 0.3) is 11.8 Å². The Morgan fingerprint density at radius 2 is 1.50 bits per heavy atom. The van der Waals surface area contributed by atoms with E-state index in [9.17, 15) is 9.59 Å². The second-order valence-electron chi connectivity index (χ2n) is 9.99. The molecule has 2 atom stereocenters. The number of hydrogen-bond donors (Lipinski definition) is 1. The van der Waals surface area contributed by atoms with Gasteiger partial charge < -0.3 is 15.1 Å². The Hall–Kier alpha value is -4.09. The van der Waals surface area contributed by atoms with E-state index in [-0.39, 0.29) is 23.2 Å². The number of para-hydroxylation sites is 2. The van der Waals surface area contributed by atoms with Crippen LogP contribution in [0.5, 0.6) is 0 Å². The Balaban J connectivity index is 1.21. The smallest absolute Gasteiger partial charge is 0.258 e. The Labute approximate surface area is 227 Å². The molecule has 6 heteroatoms. The molecular formula is C32H28ClN3O2. The van der Waals surface area contributed by atoms with E-state index in [1.165, 1.54) is 5.56 Å². The van der Waals surface area contributed by atoms with Gasteiger partial charge in [0.05, 0.1) is 16.8 Å². The lowest BCUT2D eigenvalue weighted by molar-refractivity contribution is 0.0983. The van der Waals surface area contributed by atoms with Gasteiger partial charge in [0.2, 0.25) is 0 Å². The zero-order chi connectivity index (χ0) is 26.2. The highest BCUT2D eigenvalue weighted by Gasteiger charge is 2.39. The Morgan fingerprint density at radius 3 is 2.26 bits per heavy atom. The molecule has 1 unspecified atom stereocenters. The van der Waals surface area contributed by atoms with Crippen LogP contribution in [0.4, 0.5) is 17.1 Å². The third-order valence-electron chi connectivity index (χ3n) is 7.41. The standard InChI is InChI=1S/C32H28ClN3O2/c1-21-10-12-22(13-11-21)27-6-2-3-7-28(27)31(37)34-25-16-14-23(15-17-25)32(38)36-20-26-18-24(33)19-35(26)29-8-4-5-9-30(29)36/h2-17,24,26H,18-20H2,1H3,(H,34,37)/t24?,26-/m1/s1. The summed E-state index contributed by atoms with van der Waals surface area (Å²) >= 11 is 6.47. The first-order chi connectivity index (χ1) is 18.5. The average Bonchev–Trinajstić information content (AvgIpc) is 3.33. The monoisotopic (exact) mass is 521 g/mol. The molecule has 0 radical (unpaired) electrons. The van der Waals surface area contributed by atoms with Crippen molar-refractivity contribution in [2.75, 3.05) is 28.2 Å². The van der Waals surface area contributed by atoms with E-state index in [0.29, 0.717) is 23.4 Å². The molecule has 6 rings (SSSR count). The second kappa shape index (κ2) is 9.99. The summed E-state index contributed by atoms with van der Waals surface area (Å²) in [7, 11) is 0. The van der Waals surface area contributed by atoms with Crippen LogP contribution in [0, 0.1) is 6.92 Å². The zero-order valence-corrected chi connectivity index (χ0v) is 21.9. The van der Waals surface area contributed by atoms with Gasteiger partial charge in [-0.05, 0) is 66.9 Å². The van der Waals surface area contributed by atoms with Crippen LogP contribution < -0.4 is 15.1 Å². The van der Waals surface area contributed by atoms with Gasteiger partial charge in [-0.15, -0.1) is 11.6 Å². The maximum absolute atomic E-state index is 13.6. The molecule has 1 saturated heterocycles. The van der Waals surface area contributed by atoms with Crippen molar-refractivity contribution in [2.45, 2.75) is 24.8 Å². The SMILES string of the molecule is Cc1ccc(-c2ccccc2C(=O)Nc2ccc(C(=O)N3C[C@H]4CC(Cl)CN4c4ccccc43)cc2)cc1. The number of amides is 2. The maximum atomic E-state index is 13.6. The molecule has 0 saturated carbocycles. The van der Waals surface area contributed by atoms with Gasteiger partial charge in [0.1, 0.15) is 0 Å². The third kappa shape index (κ3) is 4.54. The maximum Gasteiger partial charge on any atom is 0.258 e. The average molecular weight is 522 g/mol. The van der Waals surface area contributed by atoms with Crippen LogP contribution in [0.3, 0.4) is 0 Å². The second-order valence-corrected chi connectivity index (χ2v) is 10.6. The lowest BCUT2D eigenvalue weighted by Gasteiger charge is -2.40. The number of halogens is 1. The highest BCUT2D eigenvalue weighted by molar-refractivity contribution is 6.21. The van der Waals surface area contributed by atoms with E-state index in [0.717, 1.165) is 35.5 Å². The highest BCUT2D eigenvalue weighted by Crippen LogP contribution is 2.41. The van der Waals surface area contributed by atoms with Crippen LogP contribution in [-0.4, -0.2) is 36.3 Å². The molecular weight excluding hydrogens is 494 g/mol. The van der Waals surface area contributed by atoms with Crippen LogP contribution in [0.15, 0.2) is 97.1 Å². The first-order valence-corrected chi connectivity index (χ1v) is 13.3. The van der Waals surface area contributed by atoms with Crippen molar-refractivity contribution >= 4 is 40.5 Å². The quantitative estimate of drug-likeness (QED) is 0.302. The molecule has 0 bridgehead atoms. The molecule has 38 heavy (non-hydrogen) atoms. The highest BCUT2D eigenvalue weighted by atomic mass is 35.5. The number of benzene rings is 4. The summed E-state index contributed by atoms with van der Waals surface area (Å²) in [6.45, 7) is 3.44. The lowest BCUT2D eigenvalue weighted by atomic mass is 9.98. The molecule has 2 aliphatic rings. The van der Waals surface area contributed by atoms with Gasteiger partial charge in [-0.25, -0.2) is 0 Å². The molecule has 0 spiro atoms. The fraction of sp³-hybridized carbons (Fsp3) is 0.188. The number of carbonyl (C=O) groups excluding carboxylic acids is 2. The Morgan fingerprint density at radius 1 is 0.816 bits per heavy atom. The van der Waals surface area contributed by atoms with E-state index >= 15 is 0 Å². The van der Waals surface area contributed by atoms with Crippen LogP contribution in [0.25, 0.3) is 11.1 Å². The van der Waals surface area contributed by atoms with Gasteiger partial charge in [-0.1, -0.05) is 60.2 Å². The molecule has 4 aromatic carbocycles. The van der Waals surface area contributed by atoms with E-state index < -0.39 is 0 Å². The number of alkyl halides is 1. The Bertz CT molecular complexity index is 1500. The first kappa shape index (κ1) is 24.3. The van der Waals surface area contributed by atoms with Gasteiger partial charge in [-0.3, -0.25) is 9.59 Å². The minimum absolute atomic E-state index is 0.0577. The van der Waals surface area contributed by atoms with Gasteiger partial charge in [0.15, 0.2) is 0 Å². The van der Waals surface area contributed by atoms with Crippen molar-refractivity contribution in [3.05, 3.63) is 114 Å². The van der Waals surface area contributed by atoms with Crippen molar-refractivity contribution in [3.63, 3.8) is 0 Å². The molecule has 0 aliphatic carbocycles. The molecule has 4 aromatic rings. The predicted octanol–water partition coefficient (Wildman–Crippen LogP) is 6.76. The van der Waals surface area contributed by atoms with Gasteiger partial charge in [-0.2, -0.15) is 0 Å².